The number of nitrogens with zero attached hydrogens (tertiary/aromatic N) is 1. The fraction of sp³-hybridized carbons (Fsp3) is 0.438. The van der Waals surface area contributed by atoms with E-state index < -0.39 is 24.2 Å². The molecule has 2 heterocycles. The van der Waals surface area contributed by atoms with Crippen LogP contribution in [0, 0.1) is 6.92 Å². The van der Waals surface area contributed by atoms with E-state index in [0.29, 0.717) is 11.0 Å². The average molecular weight is 326 g/mol. The van der Waals surface area contributed by atoms with E-state index in [1.54, 1.807) is 6.07 Å². The van der Waals surface area contributed by atoms with Gasteiger partial charge in [-0.25, -0.2) is 0 Å². The third-order valence-electron chi connectivity index (χ3n) is 4.14. The maximum absolute atomic E-state index is 13.2. The Balaban J connectivity index is 1.94. The Morgan fingerprint density at radius 1 is 1.30 bits per heavy atom. The number of likely N-dealkylation sites (tertiary alicyclic amines) is 1. The van der Waals surface area contributed by atoms with E-state index >= 15 is 0 Å². The van der Waals surface area contributed by atoms with Crippen LogP contribution in [0.25, 0.3) is 11.0 Å². The minimum absolute atomic E-state index is 0.0889. The second-order valence-corrected chi connectivity index (χ2v) is 6.00. The third kappa shape index (κ3) is 3.06. The highest BCUT2D eigenvalue weighted by atomic mass is 19.4. The van der Waals surface area contributed by atoms with E-state index in [4.69, 9.17) is 10.2 Å². The van der Waals surface area contributed by atoms with Crippen LogP contribution in [-0.4, -0.2) is 35.6 Å². The van der Waals surface area contributed by atoms with Gasteiger partial charge in [-0.3, -0.25) is 4.79 Å². The first-order chi connectivity index (χ1) is 10.8. The Kier molecular flexibility index (Phi) is 3.83. The van der Waals surface area contributed by atoms with Gasteiger partial charge in [0.05, 0.1) is 0 Å². The molecule has 0 spiro atoms. The number of benzene rings is 1. The van der Waals surface area contributed by atoms with Gasteiger partial charge in [-0.2, -0.15) is 13.2 Å². The molecule has 23 heavy (non-hydrogen) atoms. The zero-order valence-electron chi connectivity index (χ0n) is 12.6. The number of fused-ring (bicyclic) bond motifs is 1. The molecule has 4 nitrogen and oxygen atoms in total. The smallest absolute Gasteiger partial charge is 0.408 e. The molecule has 1 aliphatic rings. The van der Waals surface area contributed by atoms with E-state index in [0.717, 1.165) is 10.5 Å². The molecule has 7 heteroatoms. The molecule has 3 rings (SSSR count). The van der Waals surface area contributed by atoms with E-state index in [9.17, 15) is 18.0 Å². The molecule has 0 unspecified atom stereocenters. The van der Waals surface area contributed by atoms with Crippen molar-refractivity contribution >= 4 is 16.9 Å². The first-order valence-electron chi connectivity index (χ1n) is 7.39. The second kappa shape index (κ2) is 5.56. The summed E-state index contributed by atoms with van der Waals surface area (Å²) < 4.78 is 45.0. The van der Waals surface area contributed by atoms with Crippen LogP contribution in [0.2, 0.25) is 0 Å². The number of furan rings is 1. The summed E-state index contributed by atoms with van der Waals surface area (Å²) in [6.07, 6.45) is -4.42. The zero-order valence-corrected chi connectivity index (χ0v) is 12.6. The Hall–Kier alpha value is -2.02. The van der Waals surface area contributed by atoms with Crippen molar-refractivity contribution in [1.29, 1.82) is 0 Å². The lowest BCUT2D eigenvalue weighted by Crippen LogP contribution is -2.56. The number of hydrogen-bond donors (Lipinski definition) is 1. The number of amides is 1. The van der Waals surface area contributed by atoms with Crippen molar-refractivity contribution in [3.8, 4) is 0 Å². The molecule has 2 N–H and O–H groups in total. The number of carbonyl (C=O) groups excluding carboxylic acids is 1. The van der Waals surface area contributed by atoms with Crippen LogP contribution < -0.4 is 5.73 Å². The highest BCUT2D eigenvalue weighted by Crippen LogP contribution is 2.33. The normalized spacial score (nSPS) is 22.6. The number of rotatable bonds is 1. The molecule has 1 amide bonds. The molecule has 1 saturated heterocycles. The van der Waals surface area contributed by atoms with E-state index in [-0.39, 0.29) is 25.1 Å². The summed E-state index contributed by atoms with van der Waals surface area (Å²) in [7, 11) is 0. The number of piperidine rings is 1. The molecule has 1 aliphatic heterocycles. The lowest BCUT2D eigenvalue weighted by atomic mass is 9.98. The van der Waals surface area contributed by atoms with Crippen molar-refractivity contribution in [1.82, 2.24) is 4.90 Å². The van der Waals surface area contributed by atoms with Crippen molar-refractivity contribution in [3.05, 3.63) is 35.6 Å². The van der Waals surface area contributed by atoms with Gasteiger partial charge in [-0.1, -0.05) is 11.6 Å². The Morgan fingerprint density at radius 3 is 2.74 bits per heavy atom. The summed E-state index contributed by atoms with van der Waals surface area (Å²) >= 11 is 0. The number of hydrogen-bond acceptors (Lipinski definition) is 3. The van der Waals surface area contributed by atoms with Gasteiger partial charge < -0.3 is 15.1 Å². The summed E-state index contributed by atoms with van der Waals surface area (Å²) in [6, 6.07) is 4.55. The number of halogens is 3. The highest BCUT2D eigenvalue weighted by Gasteiger charge is 2.48. The number of carbonyl (C=O) groups is 1. The molecule has 0 radical (unpaired) electrons. The van der Waals surface area contributed by atoms with Crippen molar-refractivity contribution in [2.24, 2.45) is 5.73 Å². The van der Waals surface area contributed by atoms with Crippen LogP contribution in [0.5, 0.6) is 0 Å². The standard InChI is InChI=1S/C16H17F3N2O2/c1-9-2-4-12-10(6-9)7-13(23-12)15(22)21-8-11(20)3-5-14(21)16(17,18)19/h2,4,6-7,11,14H,3,5,8,20H2,1H3/t11-,14+/m0/s1. The molecule has 124 valence electrons. The van der Waals surface area contributed by atoms with Crippen molar-refractivity contribution in [2.45, 2.75) is 38.0 Å². The Labute approximate surface area is 131 Å². The fourth-order valence-electron chi connectivity index (χ4n) is 2.97. The maximum Gasteiger partial charge on any atom is 0.408 e. The molecule has 0 saturated carbocycles. The fourth-order valence-corrected chi connectivity index (χ4v) is 2.97. The lowest BCUT2D eigenvalue weighted by Gasteiger charge is -2.38. The molecular formula is C16H17F3N2O2. The van der Waals surface area contributed by atoms with Crippen LogP contribution in [0.1, 0.15) is 29.0 Å². The first kappa shape index (κ1) is 15.9. The largest absolute Gasteiger partial charge is 0.451 e. The molecule has 1 aromatic heterocycles. The van der Waals surface area contributed by atoms with Gasteiger partial charge in [0.2, 0.25) is 0 Å². The summed E-state index contributed by atoms with van der Waals surface area (Å²) in [5, 5.41) is 0.693. The Bertz CT molecular complexity index is 738. The van der Waals surface area contributed by atoms with Crippen LogP contribution in [0.15, 0.2) is 28.7 Å². The minimum atomic E-state index is -4.47. The van der Waals surface area contributed by atoms with Gasteiger partial charge in [-0.05, 0) is 38.0 Å². The summed E-state index contributed by atoms with van der Waals surface area (Å²) in [5.41, 5.74) is 7.20. The molecule has 0 aliphatic carbocycles. The third-order valence-corrected chi connectivity index (χ3v) is 4.14. The maximum atomic E-state index is 13.2. The molecule has 0 bridgehead atoms. The van der Waals surface area contributed by atoms with Crippen molar-refractivity contribution < 1.29 is 22.4 Å². The van der Waals surface area contributed by atoms with Crippen LogP contribution in [0.3, 0.4) is 0 Å². The first-order valence-corrected chi connectivity index (χ1v) is 7.39. The van der Waals surface area contributed by atoms with Crippen LogP contribution in [-0.2, 0) is 0 Å². The predicted molar refractivity (Wildman–Crippen MR) is 79.0 cm³/mol. The van der Waals surface area contributed by atoms with Crippen LogP contribution >= 0.6 is 0 Å². The monoisotopic (exact) mass is 326 g/mol. The van der Waals surface area contributed by atoms with Crippen LogP contribution in [0.4, 0.5) is 13.2 Å². The van der Waals surface area contributed by atoms with Gasteiger partial charge >= 0.3 is 6.18 Å². The Morgan fingerprint density at radius 2 is 2.04 bits per heavy atom. The van der Waals surface area contributed by atoms with Gasteiger partial charge in [0.15, 0.2) is 5.76 Å². The quantitative estimate of drug-likeness (QED) is 0.875. The summed E-state index contributed by atoms with van der Waals surface area (Å²) in [4.78, 5) is 13.3. The number of alkyl halides is 3. The topological polar surface area (TPSA) is 59.5 Å². The van der Waals surface area contributed by atoms with Crippen molar-refractivity contribution in [2.75, 3.05) is 6.54 Å². The zero-order chi connectivity index (χ0) is 16.8. The number of aryl methyl sites for hydroxylation is 1. The van der Waals surface area contributed by atoms with E-state index in [1.807, 2.05) is 19.1 Å². The SMILES string of the molecule is Cc1ccc2oc(C(=O)N3C[C@@H](N)CC[C@@H]3C(F)(F)F)cc2c1. The molecule has 1 fully saturated rings. The molecule has 1 aromatic carbocycles. The second-order valence-electron chi connectivity index (χ2n) is 6.00. The lowest BCUT2D eigenvalue weighted by molar-refractivity contribution is -0.184. The van der Waals surface area contributed by atoms with Gasteiger partial charge in [0, 0.05) is 18.0 Å². The van der Waals surface area contributed by atoms with Gasteiger partial charge in [0.25, 0.3) is 5.91 Å². The number of nitrogens with two attached hydrogens (primary N) is 1. The molecule has 2 atom stereocenters. The van der Waals surface area contributed by atoms with E-state index in [2.05, 4.69) is 0 Å². The minimum Gasteiger partial charge on any atom is -0.451 e. The predicted octanol–water partition coefficient (Wildman–Crippen LogP) is 3.24. The molecular weight excluding hydrogens is 309 g/mol. The van der Waals surface area contributed by atoms with Crippen molar-refractivity contribution in [3.63, 3.8) is 0 Å². The van der Waals surface area contributed by atoms with Gasteiger partial charge in [-0.15, -0.1) is 0 Å². The summed E-state index contributed by atoms with van der Waals surface area (Å²) in [5.74, 6) is -0.856. The average Bonchev–Trinajstić information content (AvgIpc) is 2.88. The van der Waals surface area contributed by atoms with Gasteiger partial charge in [0.1, 0.15) is 11.6 Å². The highest BCUT2D eigenvalue weighted by molar-refractivity contribution is 5.96. The molecule has 2 aromatic rings. The summed E-state index contributed by atoms with van der Waals surface area (Å²) in [6.45, 7) is 1.76. The van der Waals surface area contributed by atoms with E-state index in [1.165, 1.54) is 6.07 Å².